The zero-order chi connectivity index (χ0) is 22.3. The molecule has 0 saturated carbocycles. The van der Waals surface area contributed by atoms with Gasteiger partial charge in [0.25, 0.3) is 0 Å². The Morgan fingerprint density at radius 3 is 2.53 bits per heavy atom. The van der Waals surface area contributed by atoms with Crippen molar-refractivity contribution in [2.24, 2.45) is 0 Å². The Labute approximate surface area is 192 Å². The molecular weight excluding hydrogens is 416 g/mol. The lowest BCUT2D eigenvalue weighted by molar-refractivity contribution is 0.284. The molecule has 1 heterocycles. The van der Waals surface area contributed by atoms with E-state index in [1.54, 1.807) is 7.11 Å². The first-order chi connectivity index (χ1) is 15.7. The van der Waals surface area contributed by atoms with Gasteiger partial charge in [-0.3, -0.25) is 0 Å². The molecule has 0 atom stereocenters. The van der Waals surface area contributed by atoms with Crippen LogP contribution in [0.1, 0.15) is 21.7 Å². The maximum atomic E-state index is 9.77. The molecule has 0 bridgehead atoms. The molecule has 158 valence electrons. The molecule has 0 unspecified atom stereocenters. The van der Waals surface area contributed by atoms with Crippen molar-refractivity contribution in [1.29, 1.82) is 5.26 Å². The van der Waals surface area contributed by atoms with Crippen molar-refractivity contribution >= 4 is 23.0 Å². The van der Waals surface area contributed by atoms with Crippen LogP contribution in [0.4, 0.5) is 0 Å². The van der Waals surface area contributed by atoms with E-state index in [-0.39, 0.29) is 0 Å². The van der Waals surface area contributed by atoms with Crippen LogP contribution in [0, 0.1) is 18.3 Å². The molecule has 0 aliphatic heterocycles. The lowest BCUT2D eigenvalue weighted by Crippen LogP contribution is -1.98. The molecule has 0 aliphatic rings. The molecule has 32 heavy (non-hydrogen) atoms. The number of methoxy groups -OCH3 is 1. The van der Waals surface area contributed by atoms with Gasteiger partial charge in [-0.05, 0) is 36.3 Å². The van der Waals surface area contributed by atoms with Crippen LogP contribution in [0.3, 0.4) is 0 Å². The Morgan fingerprint density at radius 2 is 1.81 bits per heavy atom. The maximum Gasteiger partial charge on any atom is 0.162 e. The Morgan fingerprint density at radius 1 is 1.03 bits per heavy atom. The molecule has 0 fully saturated rings. The fourth-order valence-electron chi connectivity index (χ4n) is 3.19. The first-order valence-corrected chi connectivity index (χ1v) is 11.0. The van der Waals surface area contributed by atoms with Crippen molar-refractivity contribution in [2.75, 3.05) is 7.11 Å². The van der Waals surface area contributed by atoms with Crippen LogP contribution in [-0.4, -0.2) is 12.1 Å². The largest absolute Gasteiger partial charge is 0.493 e. The summed E-state index contributed by atoms with van der Waals surface area (Å²) in [4.78, 5) is 4.68. The number of thiazole rings is 1. The summed E-state index contributed by atoms with van der Waals surface area (Å²) >= 11 is 1.46. The van der Waals surface area contributed by atoms with Gasteiger partial charge in [0.1, 0.15) is 17.7 Å². The minimum atomic E-state index is 0.432. The molecule has 0 radical (unpaired) electrons. The van der Waals surface area contributed by atoms with Crippen LogP contribution >= 0.6 is 11.3 Å². The van der Waals surface area contributed by atoms with Crippen molar-refractivity contribution in [3.05, 3.63) is 99.9 Å². The van der Waals surface area contributed by atoms with E-state index in [1.165, 1.54) is 16.9 Å². The molecule has 0 amide bonds. The van der Waals surface area contributed by atoms with Gasteiger partial charge in [-0.2, -0.15) is 5.26 Å². The summed E-state index contributed by atoms with van der Waals surface area (Å²) in [7, 11) is 1.61. The van der Waals surface area contributed by atoms with E-state index >= 15 is 0 Å². The number of ether oxygens (including phenoxy) is 2. The van der Waals surface area contributed by atoms with Crippen LogP contribution in [0.25, 0.3) is 22.9 Å². The average Bonchev–Trinajstić information content (AvgIpc) is 3.32. The number of aromatic nitrogens is 1. The number of nitriles is 1. The molecule has 3 aromatic carbocycles. The normalized spacial score (nSPS) is 11.1. The third-order valence-electron chi connectivity index (χ3n) is 4.94. The second-order valence-corrected chi connectivity index (χ2v) is 8.12. The van der Waals surface area contributed by atoms with E-state index in [1.807, 2.05) is 72.1 Å². The third-order valence-corrected chi connectivity index (χ3v) is 5.81. The number of hydrogen-bond donors (Lipinski definition) is 0. The average molecular weight is 439 g/mol. The second-order valence-electron chi connectivity index (χ2n) is 7.26. The molecule has 0 spiro atoms. The number of aryl methyl sites for hydroxylation is 1. The van der Waals surface area contributed by atoms with E-state index < -0.39 is 0 Å². The minimum Gasteiger partial charge on any atom is -0.493 e. The van der Waals surface area contributed by atoms with Gasteiger partial charge in [0.15, 0.2) is 11.5 Å². The number of nitrogens with zero attached hydrogens (tertiary/aromatic N) is 2. The standard InChI is InChI=1S/C27H22N2O2S/c1-19-8-11-22(12-9-19)24-18-32-27(29-24)23(16-28)14-21-10-13-25(30-2)26(15-21)31-17-20-6-4-3-5-7-20/h3-15,18H,17H2,1-2H3/b23-14+. The van der Waals surface area contributed by atoms with Crippen molar-refractivity contribution in [2.45, 2.75) is 13.5 Å². The van der Waals surface area contributed by atoms with E-state index in [4.69, 9.17) is 9.47 Å². The van der Waals surface area contributed by atoms with Crippen LogP contribution < -0.4 is 9.47 Å². The van der Waals surface area contributed by atoms with E-state index in [0.717, 1.165) is 22.4 Å². The molecule has 0 N–H and O–H groups in total. The summed E-state index contributed by atoms with van der Waals surface area (Å²) in [6, 6.07) is 26.1. The summed E-state index contributed by atoms with van der Waals surface area (Å²) in [6.45, 7) is 2.49. The molecule has 4 aromatic rings. The van der Waals surface area contributed by atoms with Crippen LogP contribution in [0.2, 0.25) is 0 Å². The molecule has 0 saturated heterocycles. The van der Waals surface area contributed by atoms with Gasteiger partial charge >= 0.3 is 0 Å². The van der Waals surface area contributed by atoms with Crippen LogP contribution in [0.5, 0.6) is 11.5 Å². The van der Waals surface area contributed by atoms with Crippen molar-refractivity contribution < 1.29 is 9.47 Å². The van der Waals surface area contributed by atoms with Gasteiger partial charge in [0.2, 0.25) is 0 Å². The van der Waals surface area contributed by atoms with Crippen molar-refractivity contribution in [1.82, 2.24) is 4.98 Å². The summed E-state index contributed by atoms with van der Waals surface area (Å²) in [6.07, 6.45) is 1.83. The molecular formula is C27H22N2O2S. The molecule has 4 nitrogen and oxygen atoms in total. The summed E-state index contributed by atoms with van der Waals surface area (Å²) in [5.74, 6) is 1.27. The van der Waals surface area contributed by atoms with E-state index in [9.17, 15) is 5.26 Å². The third kappa shape index (κ3) is 5.05. The van der Waals surface area contributed by atoms with Crippen LogP contribution in [-0.2, 0) is 6.61 Å². The summed E-state index contributed by atoms with van der Waals surface area (Å²) in [5.41, 5.74) is 5.53. The Hall–Kier alpha value is -3.88. The Kier molecular flexibility index (Phi) is 6.64. The van der Waals surface area contributed by atoms with Gasteiger partial charge in [0, 0.05) is 10.9 Å². The van der Waals surface area contributed by atoms with Gasteiger partial charge in [-0.1, -0.05) is 66.2 Å². The fourth-order valence-corrected chi connectivity index (χ4v) is 3.99. The zero-order valence-corrected chi connectivity index (χ0v) is 18.7. The summed E-state index contributed by atoms with van der Waals surface area (Å²) in [5, 5.41) is 12.4. The highest BCUT2D eigenvalue weighted by molar-refractivity contribution is 7.11. The highest BCUT2D eigenvalue weighted by atomic mass is 32.1. The highest BCUT2D eigenvalue weighted by Gasteiger charge is 2.11. The monoisotopic (exact) mass is 438 g/mol. The van der Waals surface area contributed by atoms with Crippen molar-refractivity contribution in [3.8, 4) is 28.8 Å². The quantitative estimate of drug-likeness (QED) is 0.299. The highest BCUT2D eigenvalue weighted by Crippen LogP contribution is 2.32. The molecule has 4 rings (SSSR count). The summed E-state index contributed by atoms with van der Waals surface area (Å²) < 4.78 is 11.4. The predicted octanol–water partition coefficient (Wildman–Crippen LogP) is 6.77. The van der Waals surface area contributed by atoms with Crippen molar-refractivity contribution in [3.63, 3.8) is 0 Å². The van der Waals surface area contributed by atoms with E-state index in [0.29, 0.717) is 28.7 Å². The Bertz CT molecular complexity index is 1270. The lowest BCUT2D eigenvalue weighted by Gasteiger charge is -2.11. The lowest BCUT2D eigenvalue weighted by atomic mass is 10.1. The van der Waals surface area contributed by atoms with Gasteiger partial charge in [-0.25, -0.2) is 4.98 Å². The SMILES string of the molecule is COc1ccc(/C=C(\C#N)c2nc(-c3ccc(C)cc3)cs2)cc1OCc1ccccc1. The first kappa shape index (κ1) is 21.4. The number of hydrogen-bond acceptors (Lipinski definition) is 5. The number of rotatable bonds is 7. The van der Waals surface area contributed by atoms with Gasteiger partial charge in [-0.15, -0.1) is 11.3 Å². The topological polar surface area (TPSA) is 55.1 Å². The molecule has 1 aromatic heterocycles. The zero-order valence-electron chi connectivity index (χ0n) is 17.9. The second kappa shape index (κ2) is 9.95. The minimum absolute atomic E-state index is 0.432. The Balaban J connectivity index is 1.59. The van der Waals surface area contributed by atoms with Crippen LogP contribution in [0.15, 0.2) is 78.2 Å². The van der Waals surface area contributed by atoms with E-state index in [2.05, 4.69) is 30.1 Å². The molecule has 0 aliphatic carbocycles. The van der Waals surface area contributed by atoms with Gasteiger partial charge < -0.3 is 9.47 Å². The number of allylic oxidation sites excluding steroid dienone is 1. The smallest absolute Gasteiger partial charge is 0.162 e. The first-order valence-electron chi connectivity index (χ1n) is 10.2. The van der Waals surface area contributed by atoms with Gasteiger partial charge in [0.05, 0.1) is 18.4 Å². The fraction of sp³-hybridized carbons (Fsp3) is 0.111. The maximum absolute atomic E-state index is 9.77. The number of benzene rings is 3. The predicted molar refractivity (Wildman–Crippen MR) is 130 cm³/mol. The molecule has 5 heteroatoms.